The second-order valence-corrected chi connectivity index (χ2v) is 10.0. The second-order valence-electron chi connectivity index (χ2n) is 8.14. The van der Waals surface area contributed by atoms with Gasteiger partial charge in [0, 0.05) is 31.2 Å². The fraction of sp³-hybridized carbons (Fsp3) is 0.391. The van der Waals surface area contributed by atoms with E-state index >= 15 is 0 Å². The largest absolute Gasteiger partial charge is 0.349 e. The lowest BCUT2D eigenvalue weighted by molar-refractivity contribution is -0.135. The molecule has 4 rings (SSSR count). The highest BCUT2D eigenvalue weighted by Gasteiger charge is 2.42. The summed E-state index contributed by atoms with van der Waals surface area (Å²) in [5, 5.41) is 3.00. The van der Waals surface area contributed by atoms with Crippen LogP contribution in [0.3, 0.4) is 0 Å². The first-order valence-corrected chi connectivity index (χ1v) is 12.2. The molecule has 2 saturated heterocycles. The topological polar surface area (TPSA) is 86.8 Å². The number of sulfonamides is 1. The molecule has 0 saturated carbocycles. The van der Waals surface area contributed by atoms with Crippen LogP contribution in [0.25, 0.3) is 0 Å². The first-order chi connectivity index (χ1) is 15.4. The minimum absolute atomic E-state index is 0.0476. The highest BCUT2D eigenvalue weighted by Crippen LogP contribution is 2.29. The molecular formula is C23H26FN3O4S. The van der Waals surface area contributed by atoms with Gasteiger partial charge in [0.1, 0.15) is 16.8 Å². The van der Waals surface area contributed by atoms with Gasteiger partial charge >= 0.3 is 0 Å². The number of nitrogens with zero attached hydrogens (tertiary/aromatic N) is 2. The third-order valence-electron chi connectivity index (χ3n) is 6.09. The first-order valence-electron chi connectivity index (χ1n) is 10.8. The van der Waals surface area contributed by atoms with Gasteiger partial charge in [-0.2, -0.15) is 4.31 Å². The van der Waals surface area contributed by atoms with Crippen LogP contribution in [-0.2, 0) is 14.8 Å². The molecule has 2 fully saturated rings. The second kappa shape index (κ2) is 9.38. The van der Waals surface area contributed by atoms with Crippen LogP contribution < -0.4 is 5.32 Å². The van der Waals surface area contributed by atoms with E-state index in [1.165, 1.54) is 18.2 Å². The predicted octanol–water partition coefficient (Wildman–Crippen LogP) is 2.40. The molecule has 0 aromatic heterocycles. The minimum atomic E-state index is -4.11. The predicted molar refractivity (Wildman–Crippen MR) is 117 cm³/mol. The quantitative estimate of drug-likeness (QED) is 0.744. The van der Waals surface area contributed by atoms with Crippen LogP contribution >= 0.6 is 0 Å². The molecule has 2 aliphatic rings. The van der Waals surface area contributed by atoms with Crippen LogP contribution in [0.15, 0.2) is 59.5 Å². The summed E-state index contributed by atoms with van der Waals surface area (Å²) < 4.78 is 41.3. The molecule has 170 valence electrons. The molecular weight excluding hydrogens is 433 g/mol. The van der Waals surface area contributed by atoms with Crippen molar-refractivity contribution < 1.29 is 22.4 Å². The molecule has 0 aliphatic carbocycles. The van der Waals surface area contributed by atoms with Gasteiger partial charge in [-0.1, -0.05) is 30.3 Å². The number of hydrogen-bond acceptors (Lipinski definition) is 4. The summed E-state index contributed by atoms with van der Waals surface area (Å²) >= 11 is 0. The average Bonchev–Trinajstić information content (AvgIpc) is 3.31. The van der Waals surface area contributed by atoms with Gasteiger partial charge in [-0.15, -0.1) is 0 Å². The van der Waals surface area contributed by atoms with Crippen molar-refractivity contribution in [3.05, 3.63) is 66.0 Å². The summed E-state index contributed by atoms with van der Waals surface area (Å²) in [6.45, 7) is 1.06. The van der Waals surface area contributed by atoms with Crippen LogP contribution in [0.2, 0.25) is 0 Å². The van der Waals surface area contributed by atoms with E-state index in [1.54, 1.807) is 29.2 Å². The van der Waals surface area contributed by atoms with Gasteiger partial charge in [-0.05, 0) is 49.9 Å². The lowest BCUT2D eigenvalue weighted by Gasteiger charge is -2.35. The fourth-order valence-corrected chi connectivity index (χ4v) is 6.09. The molecule has 0 radical (unpaired) electrons. The number of piperidine rings is 1. The van der Waals surface area contributed by atoms with Crippen LogP contribution in [-0.4, -0.2) is 61.2 Å². The third kappa shape index (κ3) is 4.54. The van der Waals surface area contributed by atoms with E-state index in [0.717, 1.165) is 10.4 Å². The van der Waals surface area contributed by atoms with Crippen molar-refractivity contribution in [1.29, 1.82) is 0 Å². The number of rotatable bonds is 5. The van der Waals surface area contributed by atoms with Crippen molar-refractivity contribution in [3.8, 4) is 0 Å². The maximum Gasteiger partial charge on any atom is 0.251 e. The highest BCUT2D eigenvalue weighted by atomic mass is 32.2. The van der Waals surface area contributed by atoms with Gasteiger partial charge in [0.05, 0.1) is 0 Å². The van der Waals surface area contributed by atoms with Gasteiger partial charge in [-0.3, -0.25) is 9.59 Å². The Morgan fingerprint density at radius 1 is 0.906 bits per heavy atom. The lowest BCUT2D eigenvalue weighted by Crippen LogP contribution is -2.52. The van der Waals surface area contributed by atoms with E-state index in [9.17, 15) is 22.4 Å². The smallest absolute Gasteiger partial charge is 0.251 e. The SMILES string of the molecule is O=C(NC1CCN(C(=O)C2CCCN2S(=O)(=O)c2ccccc2F)CC1)c1ccccc1. The fourth-order valence-electron chi connectivity index (χ4n) is 4.37. The first kappa shape index (κ1) is 22.4. The van der Waals surface area contributed by atoms with Gasteiger partial charge in [0.2, 0.25) is 15.9 Å². The number of carbonyl (C=O) groups is 2. The van der Waals surface area contributed by atoms with Crippen LogP contribution in [0, 0.1) is 5.82 Å². The zero-order valence-electron chi connectivity index (χ0n) is 17.6. The molecule has 2 heterocycles. The maximum atomic E-state index is 14.2. The molecule has 7 nitrogen and oxygen atoms in total. The molecule has 2 aromatic rings. The molecule has 2 aromatic carbocycles. The zero-order chi connectivity index (χ0) is 22.7. The molecule has 0 spiro atoms. The number of benzene rings is 2. The zero-order valence-corrected chi connectivity index (χ0v) is 18.4. The van der Waals surface area contributed by atoms with Crippen molar-refractivity contribution in [1.82, 2.24) is 14.5 Å². The number of hydrogen-bond donors (Lipinski definition) is 1. The number of halogens is 1. The maximum absolute atomic E-state index is 14.2. The van der Waals surface area contributed by atoms with E-state index < -0.39 is 26.8 Å². The van der Waals surface area contributed by atoms with Crippen molar-refractivity contribution >= 4 is 21.8 Å². The number of amides is 2. The summed E-state index contributed by atoms with van der Waals surface area (Å²) in [6, 6.07) is 13.3. The number of likely N-dealkylation sites (tertiary alicyclic amines) is 1. The standard InChI is InChI=1S/C23H26FN3O4S/c24-19-9-4-5-11-21(19)32(30,31)27-14-6-10-20(27)23(29)26-15-12-18(13-16-26)25-22(28)17-7-2-1-3-8-17/h1-5,7-9,11,18,20H,6,10,12-16H2,(H,25,28). The van der Waals surface area contributed by atoms with Crippen molar-refractivity contribution in [2.45, 2.75) is 42.7 Å². The Labute approximate surface area is 187 Å². The summed E-state index contributed by atoms with van der Waals surface area (Å²) in [7, 11) is -4.11. The van der Waals surface area contributed by atoms with Gasteiger partial charge in [0.15, 0.2) is 0 Å². The van der Waals surface area contributed by atoms with E-state index in [4.69, 9.17) is 0 Å². The Balaban J connectivity index is 1.38. The van der Waals surface area contributed by atoms with Crippen LogP contribution in [0.5, 0.6) is 0 Å². The van der Waals surface area contributed by atoms with Gasteiger partial charge in [0.25, 0.3) is 5.91 Å². The number of carbonyl (C=O) groups excluding carboxylic acids is 2. The molecule has 2 amide bonds. The summed E-state index contributed by atoms with van der Waals surface area (Å²) in [4.78, 5) is 26.8. The van der Waals surface area contributed by atoms with Crippen molar-refractivity contribution in [3.63, 3.8) is 0 Å². The Morgan fingerprint density at radius 2 is 1.56 bits per heavy atom. The molecule has 32 heavy (non-hydrogen) atoms. The normalized spacial score (nSPS) is 20.3. The highest BCUT2D eigenvalue weighted by molar-refractivity contribution is 7.89. The number of nitrogens with one attached hydrogen (secondary N) is 1. The van der Waals surface area contributed by atoms with Crippen LogP contribution in [0.1, 0.15) is 36.0 Å². The third-order valence-corrected chi connectivity index (χ3v) is 8.03. The summed E-state index contributed by atoms with van der Waals surface area (Å²) in [6.07, 6.45) is 2.15. The molecule has 9 heteroatoms. The van der Waals surface area contributed by atoms with Crippen LogP contribution in [0.4, 0.5) is 4.39 Å². The van der Waals surface area contributed by atoms with E-state index in [-0.39, 0.29) is 24.4 Å². The molecule has 0 bridgehead atoms. The lowest BCUT2D eigenvalue weighted by atomic mass is 10.0. The van der Waals surface area contributed by atoms with E-state index in [0.29, 0.717) is 44.3 Å². The molecule has 2 aliphatic heterocycles. The summed E-state index contributed by atoms with van der Waals surface area (Å²) in [5.41, 5.74) is 0.589. The molecule has 1 N–H and O–H groups in total. The Hall–Kier alpha value is -2.78. The molecule has 1 unspecified atom stereocenters. The molecule has 1 atom stereocenters. The summed E-state index contributed by atoms with van der Waals surface area (Å²) in [5.74, 6) is -1.22. The Morgan fingerprint density at radius 3 is 2.25 bits per heavy atom. The minimum Gasteiger partial charge on any atom is -0.349 e. The average molecular weight is 460 g/mol. The Kier molecular flexibility index (Phi) is 6.57. The van der Waals surface area contributed by atoms with Crippen molar-refractivity contribution in [2.24, 2.45) is 0 Å². The van der Waals surface area contributed by atoms with E-state index in [2.05, 4.69) is 5.32 Å². The van der Waals surface area contributed by atoms with Gasteiger partial charge < -0.3 is 10.2 Å². The monoisotopic (exact) mass is 459 g/mol. The van der Waals surface area contributed by atoms with Gasteiger partial charge in [-0.25, -0.2) is 12.8 Å². The van der Waals surface area contributed by atoms with Crippen molar-refractivity contribution in [2.75, 3.05) is 19.6 Å². The Bertz CT molecular complexity index is 1090. The van der Waals surface area contributed by atoms with E-state index in [1.807, 2.05) is 6.07 Å².